The normalized spacial score (nSPS) is 13.2. The average Bonchev–Trinajstić information content (AvgIpc) is 3.22. The van der Waals surface area contributed by atoms with Crippen LogP contribution >= 0.6 is 11.6 Å². The van der Waals surface area contributed by atoms with Crippen LogP contribution in [0, 0.1) is 0 Å². The minimum Gasteiger partial charge on any atom is -0.412 e. The largest absolute Gasteiger partial charge is 0.412 e. The summed E-state index contributed by atoms with van der Waals surface area (Å²) in [6.07, 6.45) is 0.833. The van der Waals surface area contributed by atoms with Crippen LogP contribution in [0.15, 0.2) is 52.9 Å². The molecule has 0 bridgehead atoms. The molecule has 0 saturated carbocycles. The van der Waals surface area contributed by atoms with E-state index in [4.69, 9.17) is 16.0 Å². The summed E-state index contributed by atoms with van der Waals surface area (Å²) in [5, 5.41) is 8.47. The van der Waals surface area contributed by atoms with Gasteiger partial charge in [-0.05, 0) is 42.3 Å². The van der Waals surface area contributed by atoms with Gasteiger partial charge in [-0.1, -0.05) is 29.8 Å². The summed E-state index contributed by atoms with van der Waals surface area (Å²) in [6, 6.07) is 14.9. The highest BCUT2D eigenvalue weighted by atomic mass is 35.5. The highest BCUT2D eigenvalue weighted by Gasteiger charge is 2.28. The zero-order chi connectivity index (χ0) is 15.8. The Bertz CT molecular complexity index is 874. The van der Waals surface area contributed by atoms with Crippen molar-refractivity contribution in [2.75, 3.05) is 11.4 Å². The van der Waals surface area contributed by atoms with Crippen molar-refractivity contribution < 1.29 is 9.21 Å². The fourth-order valence-corrected chi connectivity index (χ4v) is 2.81. The molecule has 5 nitrogen and oxygen atoms in total. The molecule has 0 saturated heterocycles. The molecular formula is C17H12ClN3O2. The maximum absolute atomic E-state index is 12.6. The molecule has 23 heavy (non-hydrogen) atoms. The molecule has 2 aromatic carbocycles. The fourth-order valence-electron chi connectivity index (χ4n) is 2.68. The Morgan fingerprint density at radius 3 is 2.70 bits per heavy atom. The zero-order valence-corrected chi connectivity index (χ0v) is 12.8. The molecule has 1 aliphatic rings. The molecule has 0 spiro atoms. The van der Waals surface area contributed by atoms with Gasteiger partial charge in [0.1, 0.15) is 0 Å². The third-order valence-electron chi connectivity index (χ3n) is 3.83. The lowest BCUT2D eigenvalue weighted by molar-refractivity contribution is 0.0956. The number of carbonyl (C=O) groups is 1. The smallest absolute Gasteiger partial charge is 0.315 e. The first-order valence-corrected chi connectivity index (χ1v) is 7.59. The number of carbonyl (C=O) groups excluding carboxylic acids is 1. The van der Waals surface area contributed by atoms with Gasteiger partial charge < -0.3 is 9.32 Å². The highest BCUT2D eigenvalue weighted by Crippen LogP contribution is 2.29. The van der Waals surface area contributed by atoms with Crippen LogP contribution < -0.4 is 4.90 Å². The van der Waals surface area contributed by atoms with E-state index in [1.165, 1.54) is 0 Å². The standard InChI is InChI=1S/C17H12ClN3O2/c18-13-7-5-12(6-8-13)15-19-20-16(23-15)17(22)21-10-9-11-3-1-2-4-14(11)21/h1-8H,9-10H2. The molecule has 0 fully saturated rings. The number of halogens is 1. The lowest BCUT2D eigenvalue weighted by atomic mass is 10.2. The van der Waals surface area contributed by atoms with Crippen LogP contribution in [0.1, 0.15) is 16.2 Å². The second-order valence-electron chi connectivity index (χ2n) is 5.25. The Balaban J connectivity index is 1.62. The molecule has 1 aliphatic heterocycles. The van der Waals surface area contributed by atoms with Gasteiger partial charge in [0.15, 0.2) is 0 Å². The molecule has 0 unspecified atom stereocenters. The predicted octanol–water partition coefficient (Wildman–Crippen LogP) is 3.59. The lowest BCUT2D eigenvalue weighted by Crippen LogP contribution is -2.29. The van der Waals surface area contributed by atoms with Crippen LogP contribution in [-0.2, 0) is 6.42 Å². The number of hydrogen-bond acceptors (Lipinski definition) is 4. The van der Waals surface area contributed by atoms with Crippen LogP contribution in [0.4, 0.5) is 5.69 Å². The number of fused-ring (bicyclic) bond motifs is 1. The molecule has 4 rings (SSSR count). The highest BCUT2D eigenvalue weighted by molar-refractivity contribution is 6.30. The third-order valence-corrected chi connectivity index (χ3v) is 4.08. The molecule has 0 atom stereocenters. The Morgan fingerprint density at radius 1 is 1.09 bits per heavy atom. The topological polar surface area (TPSA) is 59.2 Å². The Kier molecular flexibility index (Phi) is 3.35. The number of amides is 1. The monoisotopic (exact) mass is 325 g/mol. The molecule has 6 heteroatoms. The van der Waals surface area contributed by atoms with Gasteiger partial charge in [-0.2, -0.15) is 0 Å². The average molecular weight is 326 g/mol. The maximum atomic E-state index is 12.6. The SMILES string of the molecule is O=C(c1nnc(-c2ccc(Cl)cc2)o1)N1CCc2ccccc21. The summed E-state index contributed by atoms with van der Waals surface area (Å²) in [5.41, 5.74) is 2.78. The second kappa shape index (κ2) is 5.52. The van der Waals surface area contributed by atoms with Crippen LogP contribution in [-0.4, -0.2) is 22.6 Å². The minimum absolute atomic E-state index is 0.00773. The van der Waals surface area contributed by atoms with Crippen molar-refractivity contribution in [3.05, 3.63) is 65.0 Å². The lowest BCUT2D eigenvalue weighted by Gasteiger charge is -2.14. The molecule has 114 valence electrons. The maximum Gasteiger partial charge on any atom is 0.315 e. The Morgan fingerprint density at radius 2 is 1.87 bits per heavy atom. The number of hydrogen-bond donors (Lipinski definition) is 0. The van der Waals surface area contributed by atoms with Crippen molar-refractivity contribution >= 4 is 23.2 Å². The molecule has 3 aromatic rings. The van der Waals surface area contributed by atoms with Gasteiger partial charge in [-0.3, -0.25) is 4.79 Å². The first-order chi connectivity index (χ1) is 11.2. The molecule has 1 aromatic heterocycles. The van der Waals surface area contributed by atoms with Gasteiger partial charge in [-0.15, -0.1) is 10.2 Å². The minimum atomic E-state index is -0.275. The van der Waals surface area contributed by atoms with Gasteiger partial charge in [0.2, 0.25) is 5.89 Å². The molecule has 0 N–H and O–H groups in total. The summed E-state index contributed by atoms with van der Waals surface area (Å²) in [6.45, 7) is 0.622. The van der Waals surface area contributed by atoms with E-state index in [1.807, 2.05) is 24.3 Å². The third kappa shape index (κ3) is 2.49. The number of rotatable bonds is 2. The predicted molar refractivity (Wildman–Crippen MR) is 86.6 cm³/mol. The van der Waals surface area contributed by atoms with Gasteiger partial charge in [-0.25, -0.2) is 0 Å². The van der Waals surface area contributed by atoms with Crippen LogP contribution in [0.2, 0.25) is 5.02 Å². The van der Waals surface area contributed by atoms with Gasteiger partial charge in [0.25, 0.3) is 0 Å². The van der Waals surface area contributed by atoms with Crippen molar-refractivity contribution in [2.45, 2.75) is 6.42 Å². The molecule has 2 heterocycles. The second-order valence-corrected chi connectivity index (χ2v) is 5.69. The molecule has 1 amide bonds. The molecule has 0 aliphatic carbocycles. The summed E-state index contributed by atoms with van der Waals surface area (Å²) in [4.78, 5) is 14.3. The fraction of sp³-hybridized carbons (Fsp3) is 0.118. The number of benzene rings is 2. The van der Waals surface area contributed by atoms with Crippen molar-refractivity contribution in [3.63, 3.8) is 0 Å². The zero-order valence-electron chi connectivity index (χ0n) is 12.1. The van der Waals surface area contributed by atoms with E-state index in [9.17, 15) is 4.79 Å². The van der Waals surface area contributed by atoms with Crippen LogP contribution in [0.3, 0.4) is 0 Å². The van der Waals surface area contributed by atoms with E-state index in [2.05, 4.69) is 10.2 Å². The first kappa shape index (κ1) is 14.0. The van der Waals surface area contributed by atoms with Crippen molar-refractivity contribution in [3.8, 4) is 11.5 Å². The summed E-state index contributed by atoms with van der Waals surface area (Å²) < 4.78 is 5.54. The quantitative estimate of drug-likeness (QED) is 0.722. The Labute approximate surface area is 137 Å². The van der Waals surface area contributed by atoms with Crippen molar-refractivity contribution in [1.29, 1.82) is 0 Å². The summed E-state index contributed by atoms with van der Waals surface area (Å²) >= 11 is 5.86. The summed E-state index contributed by atoms with van der Waals surface area (Å²) in [7, 11) is 0. The number of aromatic nitrogens is 2. The molecule has 0 radical (unpaired) electrons. The van der Waals surface area contributed by atoms with E-state index in [0.29, 0.717) is 17.5 Å². The van der Waals surface area contributed by atoms with E-state index < -0.39 is 0 Å². The number of para-hydroxylation sites is 1. The molecular weight excluding hydrogens is 314 g/mol. The van der Waals surface area contributed by atoms with Crippen molar-refractivity contribution in [2.24, 2.45) is 0 Å². The van der Waals surface area contributed by atoms with E-state index >= 15 is 0 Å². The van der Waals surface area contributed by atoms with Crippen LogP contribution in [0.5, 0.6) is 0 Å². The van der Waals surface area contributed by atoms with E-state index in [1.54, 1.807) is 29.2 Å². The van der Waals surface area contributed by atoms with E-state index in [0.717, 1.165) is 23.2 Å². The first-order valence-electron chi connectivity index (χ1n) is 7.21. The Hall–Kier alpha value is -2.66. The van der Waals surface area contributed by atoms with Gasteiger partial charge >= 0.3 is 11.8 Å². The number of nitrogens with zero attached hydrogens (tertiary/aromatic N) is 3. The number of anilines is 1. The van der Waals surface area contributed by atoms with E-state index in [-0.39, 0.29) is 11.8 Å². The van der Waals surface area contributed by atoms with Gasteiger partial charge in [0.05, 0.1) is 0 Å². The summed E-state index contributed by atoms with van der Waals surface area (Å²) in [5.74, 6) is 0.0202. The van der Waals surface area contributed by atoms with Crippen molar-refractivity contribution in [1.82, 2.24) is 10.2 Å². The van der Waals surface area contributed by atoms with Crippen LogP contribution in [0.25, 0.3) is 11.5 Å². The van der Waals surface area contributed by atoms with Gasteiger partial charge in [0, 0.05) is 22.8 Å².